The maximum absolute atomic E-state index is 13.6. The summed E-state index contributed by atoms with van der Waals surface area (Å²) >= 11 is 0. The van der Waals surface area contributed by atoms with Crippen molar-refractivity contribution in [3.8, 4) is 5.75 Å². The molecule has 0 unspecified atom stereocenters. The van der Waals surface area contributed by atoms with Gasteiger partial charge in [-0.05, 0) is 35.9 Å². The molecule has 8 heteroatoms. The van der Waals surface area contributed by atoms with Crippen molar-refractivity contribution in [3.63, 3.8) is 0 Å². The predicted octanol–water partition coefficient (Wildman–Crippen LogP) is 2.56. The van der Waals surface area contributed by atoms with Gasteiger partial charge in [0.15, 0.2) is 0 Å². The van der Waals surface area contributed by atoms with E-state index in [1.165, 1.54) is 19.2 Å². The van der Waals surface area contributed by atoms with Crippen LogP contribution in [0.25, 0.3) is 0 Å². The van der Waals surface area contributed by atoms with E-state index in [0.29, 0.717) is 5.75 Å². The Balaban J connectivity index is 2.21. The average Bonchev–Trinajstić information content (AvgIpc) is 2.73. The molecule has 1 atom stereocenters. The van der Waals surface area contributed by atoms with Gasteiger partial charge < -0.3 is 9.84 Å². The summed E-state index contributed by atoms with van der Waals surface area (Å²) in [6, 6.07) is 8.53. The second-order valence-electron chi connectivity index (χ2n) is 5.30. The van der Waals surface area contributed by atoms with E-state index in [9.17, 15) is 17.6 Å². The van der Waals surface area contributed by atoms with Crippen molar-refractivity contribution in [1.29, 1.82) is 0 Å². The summed E-state index contributed by atoms with van der Waals surface area (Å²) in [7, 11) is -2.55. The Hall–Kier alpha value is -2.61. The van der Waals surface area contributed by atoms with Crippen LogP contribution in [0.3, 0.4) is 0 Å². The first kappa shape index (κ1) is 16.3. The number of aliphatic carboxylic acids is 1. The number of anilines is 1. The quantitative estimate of drug-likeness (QED) is 0.915. The van der Waals surface area contributed by atoms with Crippen molar-refractivity contribution >= 4 is 21.7 Å². The van der Waals surface area contributed by atoms with E-state index in [1.54, 1.807) is 12.1 Å². The predicted molar refractivity (Wildman–Crippen MR) is 84.1 cm³/mol. The molecule has 0 aliphatic carbocycles. The van der Waals surface area contributed by atoms with Crippen LogP contribution in [0.4, 0.5) is 10.1 Å². The number of sulfonamides is 1. The fourth-order valence-corrected chi connectivity index (χ4v) is 4.70. The van der Waals surface area contributed by atoms with Crippen LogP contribution in [0.2, 0.25) is 0 Å². The van der Waals surface area contributed by atoms with E-state index in [4.69, 9.17) is 9.84 Å². The third-order valence-electron chi connectivity index (χ3n) is 3.83. The van der Waals surface area contributed by atoms with Crippen LogP contribution in [-0.4, -0.2) is 26.6 Å². The smallest absolute Gasteiger partial charge is 0.305 e. The Morgan fingerprint density at radius 1 is 1.29 bits per heavy atom. The van der Waals surface area contributed by atoms with Crippen LogP contribution in [0.15, 0.2) is 47.4 Å². The van der Waals surface area contributed by atoms with Crippen molar-refractivity contribution < 1.29 is 27.4 Å². The summed E-state index contributed by atoms with van der Waals surface area (Å²) in [5.74, 6) is -1.37. The van der Waals surface area contributed by atoms with Gasteiger partial charge in [0.1, 0.15) is 11.6 Å². The van der Waals surface area contributed by atoms with Gasteiger partial charge in [0.2, 0.25) is 0 Å². The van der Waals surface area contributed by atoms with Crippen LogP contribution < -0.4 is 9.04 Å². The Kier molecular flexibility index (Phi) is 3.92. The highest BCUT2D eigenvalue weighted by Gasteiger charge is 2.44. The molecule has 0 spiro atoms. The fourth-order valence-electron chi connectivity index (χ4n) is 2.84. The molecule has 0 amide bonds. The molecule has 0 aromatic heterocycles. The van der Waals surface area contributed by atoms with Crippen molar-refractivity contribution in [2.24, 2.45) is 0 Å². The molecule has 1 N–H and O–H groups in total. The van der Waals surface area contributed by atoms with E-state index < -0.39 is 34.3 Å². The lowest BCUT2D eigenvalue weighted by atomic mass is 10.0. The fraction of sp³-hybridized carbons (Fsp3) is 0.188. The minimum atomic E-state index is -3.99. The number of carboxylic acids is 1. The van der Waals surface area contributed by atoms with Gasteiger partial charge >= 0.3 is 5.97 Å². The van der Waals surface area contributed by atoms with Gasteiger partial charge in [-0.3, -0.25) is 9.10 Å². The second-order valence-corrected chi connectivity index (χ2v) is 7.08. The SMILES string of the molecule is COc1cccc(N2[C@@H](CC(=O)O)c3cc(F)ccc3S2(=O)=O)c1. The topological polar surface area (TPSA) is 83.9 Å². The Labute approximate surface area is 138 Å². The molecule has 0 saturated carbocycles. The normalized spacial score (nSPS) is 18.2. The standard InChI is InChI=1S/C16H14FNO5S/c1-23-12-4-2-3-11(8-12)18-14(9-16(19)20)13-7-10(17)5-6-15(13)24(18,21)22/h2-8,14H,9H2,1H3,(H,19,20)/t14-/m0/s1. The van der Waals surface area contributed by atoms with E-state index in [-0.39, 0.29) is 16.1 Å². The van der Waals surface area contributed by atoms with E-state index in [0.717, 1.165) is 22.5 Å². The first-order valence-electron chi connectivity index (χ1n) is 7.04. The van der Waals surface area contributed by atoms with Gasteiger partial charge in [0.05, 0.1) is 30.2 Å². The zero-order chi connectivity index (χ0) is 17.5. The first-order chi connectivity index (χ1) is 11.3. The van der Waals surface area contributed by atoms with Crippen LogP contribution in [-0.2, 0) is 14.8 Å². The van der Waals surface area contributed by atoms with Crippen molar-refractivity contribution in [2.75, 3.05) is 11.4 Å². The molecule has 24 heavy (non-hydrogen) atoms. The molecule has 1 aliphatic rings. The Morgan fingerprint density at radius 2 is 2.04 bits per heavy atom. The van der Waals surface area contributed by atoms with E-state index in [2.05, 4.69) is 0 Å². The first-order valence-corrected chi connectivity index (χ1v) is 8.48. The average molecular weight is 351 g/mol. The number of hydrogen-bond acceptors (Lipinski definition) is 4. The molecular formula is C16H14FNO5S. The van der Waals surface area contributed by atoms with Gasteiger partial charge in [-0.15, -0.1) is 0 Å². The highest BCUT2D eigenvalue weighted by atomic mass is 32.2. The number of nitrogens with zero attached hydrogens (tertiary/aromatic N) is 1. The van der Waals surface area contributed by atoms with E-state index in [1.807, 2.05) is 0 Å². The van der Waals surface area contributed by atoms with Gasteiger partial charge in [0.25, 0.3) is 10.0 Å². The molecule has 3 rings (SSSR count). The highest BCUT2D eigenvalue weighted by Crippen LogP contribution is 2.45. The van der Waals surface area contributed by atoms with Crippen molar-refractivity contribution in [2.45, 2.75) is 17.4 Å². The third kappa shape index (κ3) is 2.58. The summed E-state index contributed by atoms with van der Waals surface area (Å²) < 4.78 is 45.4. The minimum Gasteiger partial charge on any atom is -0.497 e. The van der Waals surface area contributed by atoms with Gasteiger partial charge in [0, 0.05) is 6.07 Å². The molecule has 0 radical (unpaired) electrons. The van der Waals surface area contributed by atoms with Crippen LogP contribution >= 0.6 is 0 Å². The second kappa shape index (κ2) is 5.79. The van der Waals surface area contributed by atoms with Crippen LogP contribution in [0.5, 0.6) is 5.75 Å². The summed E-state index contributed by atoms with van der Waals surface area (Å²) in [6.07, 6.45) is -0.479. The minimum absolute atomic E-state index is 0.0852. The zero-order valence-electron chi connectivity index (χ0n) is 12.6. The molecule has 0 saturated heterocycles. The van der Waals surface area contributed by atoms with Crippen molar-refractivity contribution in [3.05, 3.63) is 53.8 Å². The number of hydrogen-bond donors (Lipinski definition) is 1. The molecular weight excluding hydrogens is 337 g/mol. The summed E-state index contributed by atoms with van der Waals surface area (Å²) in [5, 5.41) is 9.16. The molecule has 0 bridgehead atoms. The molecule has 0 fully saturated rings. The van der Waals surface area contributed by atoms with Crippen molar-refractivity contribution in [1.82, 2.24) is 0 Å². The number of carboxylic acid groups (broad SMARTS) is 1. The van der Waals surface area contributed by atoms with Gasteiger partial charge in [-0.1, -0.05) is 6.07 Å². The lowest BCUT2D eigenvalue weighted by Crippen LogP contribution is -2.29. The largest absolute Gasteiger partial charge is 0.497 e. The molecule has 1 heterocycles. The summed E-state index contributed by atoms with van der Waals surface area (Å²) in [6.45, 7) is 0. The monoisotopic (exact) mass is 351 g/mol. The molecule has 2 aromatic carbocycles. The lowest BCUT2D eigenvalue weighted by molar-refractivity contribution is -0.137. The summed E-state index contributed by atoms with van der Waals surface area (Å²) in [5.41, 5.74) is 0.400. The number of benzene rings is 2. The zero-order valence-corrected chi connectivity index (χ0v) is 13.5. The number of ether oxygens (including phenoxy) is 1. The molecule has 126 valence electrons. The van der Waals surface area contributed by atoms with Gasteiger partial charge in [-0.2, -0.15) is 0 Å². The number of halogens is 1. The number of rotatable bonds is 4. The van der Waals surface area contributed by atoms with E-state index >= 15 is 0 Å². The Morgan fingerprint density at radius 3 is 2.71 bits per heavy atom. The number of carbonyl (C=O) groups is 1. The third-order valence-corrected chi connectivity index (χ3v) is 5.74. The molecule has 2 aromatic rings. The number of methoxy groups -OCH3 is 1. The van der Waals surface area contributed by atoms with Crippen LogP contribution in [0.1, 0.15) is 18.0 Å². The maximum Gasteiger partial charge on any atom is 0.305 e. The molecule has 1 aliphatic heterocycles. The lowest BCUT2D eigenvalue weighted by Gasteiger charge is -2.25. The highest BCUT2D eigenvalue weighted by molar-refractivity contribution is 7.93. The molecule has 6 nitrogen and oxygen atoms in total. The Bertz CT molecular complexity index is 912. The van der Waals surface area contributed by atoms with Gasteiger partial charge in [-0.25, -0.2) is 12.8 Å². The maximum atomic E-state index is 13.6. The van der Waals surface area contributed by atoms with Crippen LogP contribution in [0, 0.1) is 5.82 Å². The number of fused-ring (bicyclic) bond motifs is 1. The summed E-state index contributed by atoms with van der Waals surface area (Å²) in [4.78, 5) is 11.1.